The number of nitrogens with zero attached hydrogens (tertiary/aromatic N) is 6. The Bertz CT molecular complexity index is 874. The molecule has 0 radical (unpaired) electrons. The lowest BCUT2D eigenvalue weighted by atomic mass is 10.0. The number of benzene rings is 1. The van der Waals surface area contributed by atoms with Crippen molar-refractivity contribution in [2.45, 2.75) is 19.4 Å². The summed E-state index contributed by atoms with van der Waals surface area (Å²) < 4.78 is 6.07. The van der Waals surface area contributed by atoms with Crippen LogP contribution in [0.1, 0.15) is 23.7 Å². The second-order valence-corrected chi connectivity index (χ2v) is 8.37. The molecule has 2 saturated heterocycles. The molecule has 2 aliphatic heterocycles. The molecule has 0 saturated carbocycles. The Morgan fingerprint density at radius 2 is 1.85 bits per heavy atom. The van der Waals surface area contributed by atoms with Gasteiger partial charge in [-0.05, 0) is 37.1 Å². The van der Waals surface area contributed by atoms with Crippen LogP contribution in [0.4, 0.5) is 5.95 Å². The quantitative estimate of drug-likeness (QED) is 0.250. The van der Waals surface area contributed by atoms with Crippen LogP contribution in [-0.2, 0) is 4.74 Å². The first-order valence-electron chi connectivity index (χ1n) is 11.6. The Kier molecular flexibility index (Phi) is 10.1. The lowest BCUT2D eigenvalue weighted by molar-refractivity contribution is -0.00831. The Hall–Kier alpha value is -1.98. The summed E-state index contributed by atoms with van der Waals surface area (Å²) in [5.74, 6) is 1.81. The second kappa shape index (κ2) is 13.0. The first-order valence-corrected chi connectivity index (χ1v) is 11.6. The van der Waals surface area contributed by atoms with Gasteiger partial charge in [-0.1, -0.05) is 24.3 Å². The summed E-state index contributed by atoms with van der Waals surface area (Å²) in [7, 11) is 1.87. The summed E-state index contributed by atoms with van der Waals surface area (Å²) in [6, 6.07) is 10.3. The second-order valence-electron chi connectivity index (χ2n) is 8.37. The van der Waals surface area contributed by atoms with Crippen molar-refractivity contribution in [1.82, 2.24) is 25.1 Å². The molecule has 9 heteroatoms. The highest BCUT2D eigenvalue weighted by Crippen LogP contribution is 2.25. The van der Waals surface area contributed by atoms with Gasteiger partial charge in [-0.25, -0.2) is 9.97 Å². The van der Waals surface area contributed by atoms with Gasteiger partial charge in [0.05, 0.1) is 13.2 Å². The van der Waals surface area contributed by atoms with Crippen LogP contribution in [0.3, 0.4) is 0 Å². The maximum absolute atomic E-state index is 6.07. The molecular formula is C24H36IN7O. The minimum atomic E-state index is 0. The number of aromatic nitrogens is 2. The van der Waals surface area contributed by atoms with Gasteiger partial charge in [0.2, 0.25) is 5.95 Å². The molecule has 2 aliphatic rings. The number of aryl methyl sites for hydroxylation is 1. The lowest BCUT2D eigenvalue weighted by Crippen LogP contribution is -2.49. The van der Waals surface area contributed by atoms with E-state index in [0.717, 1.165) is 77.3 Å². The highest BCUT2D eigenvalue weighted by molar-refractivity contribution is 14.0. The molecular weight excluding hydrogens is 529 g/mol. The Labute approximate surface area is 214 Å². The number of morpholine rings is 1. The molecule has 0 spiro atoms. The summed E-state index contributed by atoms with van der Waals surface area (Å²) in [5, 5.41) is 3.56. The van der Waals surface area contributed by atoms with E-state index in [0.29, 0.717) is 0 Å². The summed E-state index contributed by atoms with van der Waals surface area (Å²) in [6.07, 6.45) is 4.80. The average molecular weight is 566 g/mol. The fourth-order valence-corrected chi connectivity index (χ4v) is 4.44. The van der Waals surface area contributed by atoms with Crippen LogP contribution in [0.5, 0.6) is 0 Å². The maximum atomic E-state index is 6.07. The van der Waals surface area contributed by atoms with Gasteiger partial charge >= 0.3 is 0 Å². The van der Waals surface area contributed by atoms with Crippen molar-refractivity contribution in [3.63, 3.8) is 0 Å². The maximum Gasteiger partial charge on any atom is 0.225 e. The smallest absolute Gasteiger partial charge is 0.225 e. The molecule has 1 aromatic heterocycles. The molecule has 2 aromatic rings. The number of hydrogen-bond donors (Lipinski definition) is 1. The van der Waals surface area contributed by atoms with Crippen LogP contribution < -0.4 is 10.2 Å². The van der Waals surface area contributed by atoms with Crippen molar-refractivity contribution in [2.75, 3.05) is 70.9 Å². The predicted molar refractivity (Wildman–Crippen MR) is 144 cm³/mol. The minimum absolute atomic E-state index is 0. The molecule has 33 heavy (non-hydrogen) atoms. The van der Waals surface area contributed by atoms with Crippen molar-refractivity contribution in [1.29, 1.82) is 0 Å². The van der Waals surface area contributed by atoms with Gasteiger partial charge in [0.25, 0.3) is 0 Å². The fraction of sp³-hybridized carbons (Fsp3) is 0.542. The van der Waals surface area contributed by atoms with E-state index >= 15 is 0 Å². The van der Waals surface area contributed by atoms with E-state index in [1.807, 2.05) is 25.5 Å². The number of hydrogen-bond acceptors (Lipinski definition) is 6. The highest BCUT2D eigenvalue weighted by Gasteiger charge is 2.25. The molecule has 8 nitrogen and oxygen atoms in total. The van der Waals surface area contributed by atoms with Crippen LogP contribution in [0.15, 0.2) is 47.7 Å². The average Bonchev–Trinajstić information content (AvgIpc) is 2.85. The third-order valence-corrected chi connectivity index (χ3v) is 6.25. The summed E-state index contributed by atoms with van der Waals surface area (Å²) in [6.45, 7) is 10.6. The first-order chi connectivity index (χ1) is 15.7. The molecule has 4 rings (SSSR count). The Balaban J connectivity index is 0.00000306. The summed E-state index contributed by atoms with van der Waals surface area (Å²) in [4.78, 5) is 20.4. The number of nitrogens with one attached hydrogen (secondary N) is 1. The van der Waals surface area contributed by atoms with E-state index in [-0.39, 0.29) is 30.1 Å². The van der Waals surface area contributed by atoms with Gasteiger partial charge in [-0.2, -0.15) is 0 Å². The van der Waals surface area contributed by atoms with Gasteiger partial charge in [0, 0.05) is 58.7 Å². The fourth-order valence-electron chi connectivity index (χ4n) is 4.44. The molecule has 2 fully saturated rings. The minimum Gasteiger partial charge on any atom is -0.370 e. The summed E-state index contributed by atoms with van der Waals surface area (Å²) in [5.41, 5.74) is 2.55. The van der Waals surface area contributed by atoms with Crippen molar-refractivity contribution >= 4 is 35.9 Å². The number of aliphatic imine (C=N–C) groups is 1. The number of anilines is 1. The molecule has 0 bridgehead atoms. The lowest BCUT2D eigenvalue weighted by Gasteiger charge is -2.36. The number of rotatable bonds is 6. The molecule has 1 unspecified atom stereocenters. The number of piperazine rings is 1. The zero-order valence-corrected chi connectivity index (χ0v) is 22.0. The van der Waals surface area contributed by atoms with E-state index in [4.69, 9.17) is 4.74 Å². The van der Waals surface area contributed by atoms with E-state index in [1.165, 1.54) is 11.1 Å². The third-order valence-electron chi connectivity index (χ3n) is 6.25. The standard InChI is InChI=1S/C24H35N7O.HI/c1-20-7-3-4-8-21(20)22-19-31(17-18-32-22)23(25-2)26-11-6-12-29-13-15-30(16-14-29)24-27-9-5-10-28-24;/h3-5,7-10,22H,6,11-19H2,1-2H3,(H,25,26);1H. The SMILES string of the molecule is CN=C(NCCCN1CCN(c2ncccn2)CC1)N1CCOC(c2ccccc2C)C1.I. The van der Waals surface area contributed by atoms with Crippen molar-refractivity contribution in [2.24, 2.45) is 4.99 Å². The van der Waals surface area contributed by atoms with Crippen LogP contribution in [0, 0.1) is 6.92 Å². The monoisotopic (exact) mass is 565 g/mol. The van der Waals surface area contributed by atoms with E-state index in [1.54, 1.807) is 0 Å². The Morgan fingerprint density at radius 1 is 1.09 bits per heavy atom. The normalized spacial score (nSPS) is 19.8. The molecule has 1 N–H and O–H groups in total. The van der Waals surface area contributed by atoms with Crippen LogP contribution >= 0.6 is 24.0 Å². The van der Waals surface area contributed by atoms with E-state index in [2.05, 4.69) is 66.2 Å². The van der Waals surface area contributed by atoms with Crippen LogP contribution in [0.25, 0.3) is 0 Å². The van der Waals surface area contributed by atoms with E-state index in [9.17, 15) is 0 Å². The molecule has 0 aliphatic carbocycles. The molecule has 180 valence electrons. The molecule has 0 amide bonds. The third kappa shape index (κ3) is 7.00. The number of guanidine groups is 1. The van der Waals surface area contributed by atoms with Crippen LogP contribution in [0.2, 0.25) is 0 Å². The van der Waals surface area contributed by atoms with Crippen molar-refractivity contribution < 1.29 is 4.74 Å². The van der Waals surface area contributed by atoms with Crippen molar-refractivity contribution in [3.8, 4) is 0 Å². The van der Waals surface area contributed by atoms with Gasteiger partial charge in [-0.3, -0.25) is 9.89 Å². The summed E-state index contributed by atoms with van der Waals surface area (Å²) >= 11 is 0. The topological polar surface area (TPSA) is 69.1 Å². The number of ether oxygens (including phenoxy) is 1. The van der Waals surface area contributed by atoms with E-state index < -0.39 is 0 Å². The molecule has 1 aromatic carbocycles. The van der Waals surface area contributed by atoms with Gasteiger partial charge < -0.3 is 19.9 Å². The predicted octanol–water partition coefficient (Wildman–Crippen LogP) is 2.56. The largest absolute Gasteiger partial charge is 0.370 e. The van der Waals surface area contributed by atoms with Crippen molar-refractivity contribution in [3.05, 3.63) is 53.9 Å². The zero-order valence-electron chi connectivity index (χ0n) is 19.7. The zero-order chi connectivity index (χ0) is 22.2. The number of halogens is 1. The van der Waals surface area contributed by atoms with Gasteiger partial charge in [-0.15, -0.1) is 24.0 Å². The van der Waals surface area contributed by atoms with Gasteiger partial charge in [0.1, 0.15) is 6.10 Å². The van der Waals surface area contributed by atoms with Crippen LogP contribution in [-0.4, -0.2) is 91.7 Å². The first kappa shape index (κ1) is 25.6. The molecule has 1 atom stereocenters. The van der Waals surface area contributed by atoms with Gasteiger partial charge in [0.15, 0.2) is 5.96 Å². The molecule has 3 heterocycles. The Morgan fingerprint density at radius 3 is 2.58 bits per heavy atom. The highest BCUT2D eigenvalue weighted by atomic mass is 127.